The molecule has 4 bridgehead atoms. The van der Waals surface area contributed by atoms with Gasteiger partial charge in [0.05, 0.1) is 11.4 Å². The fourth-order valence-electron chi connectivity index (χ4n) is 13.7. The van der Waals surface area contributed by atoms with Crippen LogP contribution in [0.15, 0.2) is 97.1 Å². The summed E-state index contributed by atoms with van der Waals surface area (Å²) in [6, 6.07) is 39.3. The Morgan fingerprint density at radius 3 is 1.23 bits per heavy atom. The van der Waals surface area contributed by atoms with Crippen LogP contribution in [0.3, 0.4) is 0 Å². The third kappa shape index (κ3) is 6.36. The number of thiophene rings is 2. The normalized spacial score (nSPS) is 22.5. The number of rotatable bonds is 3. The van der Waals surface area contributed by atoms with Gasteiger partial charge in [-0.25, -0.2) is 0 Å². The molecule has 0 unspecified atom stereocenters. The molecule has 13 rings (SSSR count). The predicted molar refractivity (Wildman–Crippen MR) is 286 cm³/mol. The lowest BCUT2D eigenvalue weighted by molar-refractivity contribution is -0.00514. The van der Waals surface area contributed by atoms with Crippen LogP contribution in [-0.2, 0) is 27.1 Å². The van der Waals surface area contributed by atoms with Crippen molar-refractivity contribution >= 4 is 98.7 Å². The van der Waals surface area contributed by atoms with Crippen molar-refractivity contribution in [3.63, 3.8) is 0 Å². The first kappa shape index (κ1) is 42.1. The lowest BCUT2D eigenvalue weighted by Gasteiger charge is -2.57. The highest BCUT2D eigenvalue weighted by molar-refractivity contribution is 7.41. The summed E-state index contributed by atoms with van der Waals surface area (Å²) in [6.45, 7) is 28.5. The van der Waals surface area contributed by atoms with E-state index in [-0.39, 0.29) is 33.8 Å². The quantitative estimate of drug-likeness (QED) is 0.163. The summed E-state index contributed by atoms with van der Waals surface area (Å²) < 4.78 is 5.85. The summed E-state index contributed by atoms with van der Waals surface area (Å²) in [6.07, 6.45) is 8.34. The number of benzene rings is 5. The average Bonchev–Trinajstić information content (AvgIpc) is 3.81. The summed E-state index contributed by atoms with van der Waals surface area (Å²) in [5.74, 6) is 2.57. The number of fused-ring (bicyclic) bond motifs is 8. The Kier molecular flexibility index (Phi) is 8.98. The molecule has 0 radical (unpaired) electrons. The van der Waals surface area contributed by atoms with Gasteiger partial charge in [-0.3, -0.25) is 0 Å². The lowest BCUT2D eigenvalue weighted by atomic mass is 9.38. The molecule has 6 aliphatic rings. The molecule has 4 fully saturated rings. The molecule has 332 valence electrons. The van der Waals surface area contributed by atoms with Gasteiger partial charge >= 0.3 is 0 Å². The molecule has 4 saturated carbocycles. The van der Waals surface area contributed by atoms with E-state index in [2.05, 4.69) is 213 Å². The van der Waals surface area contributed by atoms with Crippen molar-refractivity contribution in [2.45, 2.75) is 149 Å². The van der Waals surface area contributed by atoms with Crippen molar-refractivity contribution in [1.29, 1.82) is 0 Å². The standard InChI is InChI=1S/C60H67BN2S2/c1-56(2,3)38-19-23-41(24-20-38)62-47-30-40(60-32-35-27-36(33-60)29-37(28-35)34-60)31-48-49(47)61(54-50(62)43-15-13-17-45(52(43)64-54)58(7,8)9)55-51(44-16-14-18-46(53(44)65-55)59(10,11)12)63(48)42-25-21-39(22-26-42)57(4,5)6/h13-26,30-31,35-37H,27-29,32-34H2,1-12H3. The lowest BCUT2D eigenvalue weighted by Crippen LogP contribution is -2.59. The van der Waals surface area contributed by atoms with Crippen molar-refractivity contribution in [1.82, 2.24) is 0 Å². The predicted octanol–water partition coefficient (Wildman–Crippen LogP) is 15.9. The molecular weight excluding hydrogens is 824 g/mol. The van der Waals surface area contributed by atoms with Gasteiger partial charge in [-0.05, 0) is 153 Å². The SMILES string of the molecule is CC(C)(C)c1ccc(N2c3cc(C45CC6CC(CC(C6)C4)C5)cc4c3B(c3sc5c(C(C)(C)C)cccc5c32)c2sc3c(C(C)(C)C)cccc3c2N4c2ccc(C(C)(C)C)cc2)cc1. The van der Waals surface area contributed by atoms with Gasteiger partial charge in [-0.15, -0.1) is 22.7 Å². The van der Waals surface area contributed by atoms with Crippen LogP contribution in [0.4, 0.5) is 34.1 Å². The maximum absolute atomic E-state index is 2.76. The monoisotopic (exact) mass is 890 g/mol. The van der Waals surface area contributed by atoms with Gasteiger partial charge < -0.3 is 9.80 Å². The van der Waals surface area contributed by atoms with Crippen LogP contribution < -0.4 is 24.8 Å². The molecule has 0 atom stereocenters. The average molecular weight is 891 g/mol. The first-order valence-electron chi connectivity index (χ1n) is 24.8. The highest BCUT2D eigenvalue weighted by Crippen LogP contribution is 2.62. The zero-order valence-corrected chi connectivity index (χ0v) is 42.6. The number of anilines is 6. The van der Waals surface area contributed by atoms with Gasteiger partial charge in [-0.2, -0.15) is 0 Å². The van der Waals surface area contributed by atoms with Crippen molar-refractivity contribution < 1.29 is 0 Å². The molecule has 65 heavy (non-hydrogen) atoms. The van der Waals surface area contributed by atoms with Gasteiger partial charge in [0.1, 0.15) is 0 Å². The molecule has 5 aromatic carbocycles. The first-order valence-corrected chi connectivity index (χ1v) is 26.4. The number of nitrogens with zero attached hydrogens (tertiary/aromatic N) is 2. The van der Waals surface area contributed by atoms with Crippen LogP contribution in [0.25, 0.3) is 20.2 Å². The molecule has 0 spiro atoms. The maximum atomic E-state index is 2.76. The Balaban J connectivity index is 1.23. The van der Waals surface area contributed by atoms with E-state index < -0.39 is 0 Å². The minimum Gasteiger partial charge on any atom is -0.310 e. The second-order valence-corrected chi connectivity index (χ2v) is 27.4. The molecule has 2 aliphatic heterocycles. The largest absolute Gasteiger partial charge is 0.310 e. The molecule has 7 aromatic rings. The molecule has 5 heteroatoms. The van der Waals surface area contributed by atoms with Crippen LogP contribution in [0, 0.1) is 17.8 Å². The van der Waals surface area contributed by atoms with Gasteiger partial charge in [0, 0.05) is 52.5 Å². The summed E-state index contributed by atoms with van der Waals surface area (Å²) in [4.78, 5) is 5.51. The van der Waals surface area contributed by atoms with Crippen molar-refractivity contribution in [3.8, 4) is 0 Å². The first-order chi connectivity index (χ1) is 30.7. The Morgan fingerprint density at radius 2 is 0.877 bits per heavy atom. The number of hydrogen-bond acceptors (Lipinski definition) is 4. The fraction of sp³-hybridized carbons (Fsp3) is 0.433. The van der Waals surface area contributed by atoms with Gasteiger partial charge in [0.15, 0.2) is 0 Å². The third-order valence-corrected chi connectivity index (χ3v) is 19.1. The molecular formula is C60H67BN2S2. The molecule has 0 amide bonds. The Labute approximate surface area is 397 Å². The van der Waals surface area contributed by atoms with E-state index in [1.807, 2.05) is 0 Å². The second-order valence-electron chi connectivity index (χ2n) is 25.3. The molecule has 0 N–H and O–H groups in total. The van der Waals surface area contributed by atoms with E-state index in [4.69, 9.17) is 0 Å². The minimum absolute atomic E-state index is 0.00277. The van der Waals surface area contributed by atoms with E-state index in [0.717, 1.165) is 17.8 Å². The van der Waals surface area contributed by atoms with Crippen LogP contribution in [0.2, 0.25) is 0 Å². The Morgan fingerprint density at radius 1 is 0.492 bits per heavy atom. The van der Waals surface area contributed by atoms with Crippen LogP contribution in [0.5, 0.6) is 0 Å². The molecule has 0 saturated heterocycles. The van der Waals surface area contributed by atoms with E-state index in [1.54, 1.807) is 5.56 Å². The molecule has 4 aliphatic carbocycles. The van der Waals surface area contributed by atoms with E-state index in [1.165, 1.54) is 130 Å². The Bertz CT molecular complexity index is 2840. The summed E-state index contributed by atoms with van der Waals surface area (Å²) >= 11 is 4.16. The van der Waals surface area contributed by atoms with Crippen LogP contribution in [-0.4, -0.2) is 6.71 Å². The van der Waals surface area contributed by atoms with Crippen molar-refractivity contribution in [2.24, 2.45) is 17.8 Å². The highest BCUT2D eigenvalue weighted by atomic mass is 32.1. The molecule has 4 heterocycles. The zero-order chi connectivity index (χ0) is 45.3. The molecule has 2 aromatic heterocycles. The van der Waals surface area contributed by atoms with E-state index >= 15 is 0 Å². The van der Waals surface area contributed by atoms with Crippen molar-refractivity contribution in [2.75, 3.05) is 9.80 Å². The number of hydrogen-bond donors (Lipinski definition) is 0. The smallest absolute Gasteiger partial charge is 0.277 e. The van der Waals surface area contributed by atoms with E-state index in [0.29, 0.717) is 0 Å². The summed E-state index contributed by atoms with van der Waals surface area (Å²) in [5.41, 5.74) is 17.2. The van der Waals surface area contributed by atoms with Crippen LogP contribution >= 0.6 is 22.7 Å². The van der Waals surface area contributed by atoms with Gasteiger partial charge in [0.2, 0.25) is 0 Å². The third-order valence-electron chi connectivity index (χ3n) is 16.6. The topological polar surface area (TPSA) is 6.48 Å². The van der Waals surface area contributed by atoms with Crippen molar-refractivity contribution in [3.05, 3.63) is 125 Å². The van der Waals surface area contributed by atoms with Gasteiger partial charge in [0.25, 0.3) is 6.71 Å². The second kappa shape index (κ2) is 13.9. The highest BCUT2D eigenvalue weighted by Gasteiger charge is 2.54. The van der Waals surface area contributed by atoms with E-state index in [9.17, 15) is 0 Å². The van der Waals surface area contributed by atoms with Crippen LogP contribution in [0.1, 0.15) is 149 Å². The molecule has 2 nitrogen and oxygen atoms in total. The summed E-state index contributed by atoms with van der Waals surface area (Å²) in [5, 5.41) is 2.78. The Hall–Kier alpha value is -4.32. The summed E-state index contributed by atoms with van der Waals surface area (Å²) in [7, 11) is 0. The maximum Gasteiger partial charge on any atom is 0.277 e. The fourth-order valence-corrected chi connectivity index (χ4v) is 17.1. The zero-order valence-electron chi connectivity index (χ0n) is 41.0. The minimum atomic E-state index is 0.00277. The van der Waals surface area contributed by atoms with Gasteiger partial charge in [-0.1, -0.05) is 144 Å².